The molecule has 3 aromatic rings. The Kier molecular flexibility index (Phi) is 4.24. The first kappa shape index (κ1) is 15.4. The van der Waals surface area contributed by atoms with Crippen molar-refractivity contribution in [3.8, 4) is 11.8 Å². The number of phenols is 1. The van der Waals surface area contributed by atoms with Gasteiger partial charge in [0.2, 0.25) is 0 Å². The third-order valence-electron chi connectivity index (χ3n) is 3.14. The molecular formula is C16H9ClN2O3S. The van der Waals surface area contributed by atoms with Crippen molar-refractivity contribution < 1.29 is 9.52 Å². The van der Waals surface area contributed by atoms with Gasteiger partial charge in [0.15, 0.2) is 0 Å². The first-order valence-electron chi connectivity index (χ1n) is 6.51. The van der Waals surface area contributed by atoms with E-state index in [1.54, 1.807) is 24.4 Å². The van der Waals surface area contributed by atoms with Crippen LogP contribution in [0.1, 0.15) is 11.1 Å². The number of halogens is 1. The summed E-state index contributed by atoms with van der Waals surface area (Å²) in [6, 6.07) is 9.62. The minimum atomic E-state index is -0.506. The van der Waals surface area contributed by atoms with Crippen molar-refractivity contribution in [2.24, 2.45) is 0 Å². The molecule has 0 aliphatic heterocycles. The van der Waals surface area contributed by atoms with Crippen molar-refractivity contribution in [1.82, 2.24) is 4.98 Å². The van der Waals surface area contributed by atoms with Gasteiger partial charge in [0.25, 0.3) is 0 Å². The lowest BCUT2D eigenvalue weighted by Gasteiger charge is -2.06. The summed E-state index contributed by atoms with van der Waals surface area (Å²) in [6.45, 7) is 0. The molecule has 0 atom stereocenters. The molecule has 0 saturated carbocycles. The third-order valence-corrected chi connectivity index (χ3v) is 4.41. The van der Waals surface area contributed by atoms with Crippen LogP contribution in [-0.2, 0) is 5.75 Å². The molecule has 0 unspecified atom stereocenters. The molecule has 0 spiro atoms. The Morgan fingerprint density at radius 1 is 1.35 bits per heavy atom. The van der Waals surface area contributed by atoms with Crippen molar-refractivity contribution in [3.63, 3.8) is 0 Å². The van der Waals surface area contributed by atoms with Crippen LogP contribution >= 0.6 is 23.4 Å². The highest BCUT2D eigenvalue weighted by atomic mass is 35.5. The number of aromatic nitrogens is 1. The second-order valence-electron chi connectivity index (χ2n) is 4.67. The van der Waals surface area contributed by atoms with E-state index in [-0.39, 0.29) is 16.4 Å². The van der Waals surface area contributed by atoms with E-state index in [4.69, 9.17) is 21.3 Å². The SMILES string of the molecule is N#Cc1ccnc(SCc2cc(=O)oc3cc(O)c(Cl)cc23)c1. The predicted molar refractivity (Wildman–Crippen MR) is 87.7 cm³/mol. The van der Waals surface area contributed by atoms with Gasteiger partial charge >= 0.3 is 5.63 Å². The van der Waals surface area contributed by atoms with E-state index in [0.29, 0.717) is 27.3 Å². The molecule has 23 heavy (non-hydrogen) atoms. The average Bonchev–Trinajstić information content (AvgIpc) is 2.54. The molecule has 7 heteroatoms. The maximum Gasteiger partial charge on any atom is 0.336 e. The highest BCUT2D eigenvalue weighted by molar-refractivity contribution is 7.98. The van der Waals surface area contributed by atoms with Crippen LogP contribution < -0.4 is 5.63 Å². The molecule has 0 amide bonds. The summed E-state index contributed by atoms with van der Waals surface area (Å²) in [6.07, 6.45) is 1.56. The molecule has 0 aliphatic carbocycles. The fourth-order valence-electron chi connectivity index (χ4n) is 2.06. The number of hydrogen-bond donors (Lipinski definition) is 1. The molecule has 0 saturated heterocycles. The minimum Gasteiger partial charge on any atom is -0.506 e. The van der Waals surface area contributed by atoms with Gasteiger partial charge in [-0.1, -0.05) is 11.6 Å². The molecule has 2 aromatic heterocycles. The van der Waals surface area contributed by atoms with E-state index >= 15 is 0 Å². The van der Waals surface area contributed by atoms with Crippen LogP contribution in [0.3, 0.4) is 0 Å². The van der Waals surface area contributed by atoms with Gasteiger partial charge in [-0.3, -0.25) is 0 Å². The summed E-state index contributed by atoms with van der Waals surface area (Å²) in [4.78, 5) is 15.8. The van der Waals surface area contributed by atoms with Gasteiger partial charge in [-0.25, -0.2) is 9.78 Å². The second kappa shape index (κ2) is 6.32. The van der Waals surface area contributed by atoms with Gasteiger partial charge in [-0.05, 0) is 23.8 Å². The molecule has 3 rings (SSSR count). The summed E-state index contributed by atoms with van der Waals surface area (Å²) >= 11 is 7.32. The number of thioether (sulfide) groups is 1. The number of phenolic OH excluding ortho intramolecular Hbond substituents is 1. The van der Waals surface area contributed by atoms with Gasteiger partial charge in [0, 0.05) is 29.5 Å². The van der Waals surface area contributed by atoms with E-state index in [1.807, 2.05) is 0 Å². The third kappa shape index (κ3) is 3.31. The molecule has 0 radical (unpaired) electrons. The van der Waals surface area contributed by atoms with Crippen molar-refractivity contribution in [3.05, 3.63) is 63.1 Å². The Balaban J connectivity index is 1.98. The van der Waals surface area contributed by atoms with Crippen LogP contribution in [0, 0.1) is 11.3 Å². The number of pyridine rings is 1. The van der Waals surface area contributed by atoms with Crippen molar-refractivity contribution in [2.75, 3.05) is 0 Å². The molecule has 0 bridgehead atoms. The standard InChI is InChI=1S/C16H9ClN2O3S/c17-12-5-11-10(4-16(21)22-14(11)6-13(12)20)8-23-15-3-9(7-18)1-2-19-15/h1-6,20H,8H2. The van der Waals surface area contributed by atoms with Gasteiger partial charge in [-0.2, -0.15) is 5.26 Å². The van der Waals surface area contributed by atoms with E-state index in [1.165, 1.54) is 23.9 Å². The number of benzene rings is 1. The van der Waals surface area contributed by atoms with Crippen LogP contribution in [0.4, 0.5) is 0 Å². The van der Waals surface area contributed by atoms with E-state index < -0.39 is 5.63 Å². The summed E-state index contributed by atoms with van der Waals surface area (Å²) in [5.41, 5.74) is 1.00. The van der Waals surface area contributed by atoms with Crippen LogP contribution in [0.15, 0.2) is 50.8 Å². The Morgan fingerprint density at radius 3 is 2.96 bits per heavy atom. The van der Waals surface area contributed by atoms with Gasteiger partial charge in [-0.15, -0.1) is 11.8 Å². The van der Waals surface area contributed by atoms with Gasteiger partial charge in [0.05, 0.1) is 21.7 Å². The van der Waals surface area contributed by atoms with Gasteiger partial charge in [0.1, 0.15) is 11.3 Å². The van der Waals surface area contributed by atoms with Gasteiger partial charge < -0.3 is 9.52 Å². The van der Waals surface area contributed by atoms with Crippen LogP contribution in [0.5, 0.6) is 5.75 Å². The zero-order valence-corrected chi connectivity index (χ0v) is 13.2. The molecule has 0 fully saturated rings. The molecule has 1 aromatic carbocycles. The number of rotatable bonds is 3. The molecular weight excluding hydrogens is 336 g/mol. The molecule has 0 aliphatic rings. The predicted octanol–water partition coefficient (Wildman–Crippen LogP) is 3.71. The van der Waals surface area contributed by atoms with Crippen LogP contribution in [0.2, 0.25) is 5.02 Å². The molecule has 2 heterocycles. The zero-order chi connectivity index (χ0) is 16.4. The minimum absolute atomic E-state index is 0.143. The lowest BCUT2D eigenvalue weighted by atomic mass is 10.1. The lowest BCUT2D eigenvalue weighted by molar-refractivity contribution is 0.473. The number of hydrogen-bond acceptors (Lipinski definition) is 6. The first-order valence-corrected chi connectivity index (χ1v) is 7.87. The largest absolute Gasteiger partial charge is 0.506 e. The second-order valence-corrected chi connectivity index (χ2v) is 6.08. The summed E-state index contributed by atoms with van der Waals surface area (Å²) in [7, 11) is 0. The highest BCUT2D eigenvalue weighted by Crippen LogP contribution is 2.32. The summed E-state index contributed by atoms with van der Waals surface area (Å²) in [5, 5.41) is 20.0. The Hall–Kier alpha value is -2.49. The normalized spacial score (nSPS) is 10.6. The summed E-state index contributed by atoms with van der Waals surface area (Å²) < 4.78 is 5.08. The molecule has 1 N–H and O–H groups in total. The fourth-order valence-corrected chi connectivity index (χ4v) is 3.12. The topological polar surface area (TPSA) is 87.1 Å². The first-order chi connectivity index (χ1) is 11.1. The smallest absolute Gasteiger partial charge is 0.336 e. The zero-order valence-electron chi connectivity index (χ0n) is 11.6. The Bertz CT molecular complexity index is 995. The molecule has 114 valence electrons. The number of aromatic hydroxyl groups is 1. The van der Waals surface area contributed by atoms with Crippen molar-refractivity contribution in [2.45, 2.75) is 10.8 Å². The Morgan fingerprint density at radius 2 is 2.17 bits per heavy atom. The highest BCUT2D eigenvalue weighted by Gasteiger charge is 2.10. The maximum atomic E-state index is 11.7. The lowest BCUT2D eigenvalue weighted by Crippen LogP contribution is -2.00. The van der Waals surface area contributed by atoms with Crippen molar-refractivity contribution >= 4 is 34.3 Å². The number of fused-ring (bicyclic) bond motifs is 1. The molecule has 5 nitrogen and oxygen atoms in total. The number of nitrogens with zero attached hydrogens (tertiary/aromatic N) is 2. The van der Waals surface area contributed by atoms with Crippen molar-refractivity contribution in [1.29, 1.82) is 5.26 Å². The Labute approximate surface area is 140 Å². The van der Waals surface area contributed by atoms with Crippen LogP contribution in [-0.4, -0.2) is 10.1 Å². The van der Waals surface area contributed by atoms with E-state index in [0.717, 1.165) is 0 Å². The summed E-state index contributed by atoms with van der Waals surface area (Å²) in [5.74, 6) is 0.306. The maximum absolute atomic E-state index is 11.7. The quantitative estimate of drug-likeness (QED) is 0.575. The van der Waals surface area contributed by atoms with E-state index in [2.05, 4.69) is 11.1 Å². The van der Waals surface area contributed by atoms with E-state index in [9.17, 15) is 9.90 Å². The van der Waals surface area contributed by atoms with Crippen LogP contribution in [0.25, 0.3) is 11.0 Å². The average molecular weight is 345 g/mol. The monoisotopic (exact) mass is 344 g/mol. The fraction of sp³-hybridized carbons (Fsp3) is 0.0625. The number of nitriles is 1.